The molecule has 0 unspecified atom stereocenters. The van der Waals surface area contributed by atoms with Gasteiger partial charge in [-0.1, -0.05) is 30.4 Å². The third-order valence-electron chi connectivity index (χ3n) is 7.28. The van der Waals surface area contributed by atoms with Gasteiger partial charge in [0.25, 0.3) is 0 Å². The van der Waals surface area contributed by atoms with Crippen molar-refractivity contribution in [3.63, 3.8) is 0 Å². The Labute approximate surface area is 233 Å². The molecule has 2 fully saturated rings. The van der Waals surface area contributed by atoms with Gasteiger partial charge >= 0.3 is 5.97 Å². The van der Waals surface area contributed by atoms with Gasteiger partial charge in [-0.15, -0.1) is 21.5 Å². The molecule has 2 heterocycles. The van der Waals surface area contributed by atoms with E-state index in [1.54, 1.807) is 17.5 Å². The third-order valence-corrected chi connectivity index (χ3v) is 8.44. The number of aromatic nitrogens is 2. The van der Waals surface area contributed by atoms with Gasteiger partial charge in [0.2, 0.25) is 11.8 Å². The van der Waals surface area contributed by atoms with Crippen LogP contribution >= 0.6 is 22.9 Å². The Bertz CT molecular complexity index is 1200. The lowest BCUT2D eigenvalue weighted by Crippen LogP contribution is -2.47. The normalized spacial score (nSPS) is 23.7. The van der Waals surface area contributed by atoms with Crippen molar-refractivity contribution in [1.82, 2.24) is 10.2 Å². The molecular weight excluding hydrogens is 522 g/mol. The fourth-order valence-electron chi connectivity index (χ4n) is 5.22. The van der Waals surface area contributed by atoms with Crippen LogP contribution in [0.1, 0.15) is 94.3 Å². The first-order valence-electron chi connectivity index (χ1n) is 13.4. The van der Waals surface area contributed by atoms with E-state index < -0.39 is 5.97 Å². The summed E-state index contributed by atoms with van der Waals surface area (Å²) in [5, 5.41) is 20.0. The average Bonchev–Trinajstić information content (AvgIpc) is 3.29. The van der Waals surface area contributed by atoms with Gasteiger partial charge in [-0.25, -0.2) is 4.79 Å². The molecule has 0 aromatic carbocycles. The van der Waals surface area contributed by atoms with Crippen molar-refractivity contribution >= 4 is 40.5 Å². The summed E-state index contributed by atoms with van der Waals surface area (Å²) < 4.78 is 6.03. The number of anilines is 1. The second kappa shape index (κ2) is 12.0. The van der Waals surface area contributed by atoms with Crippen molar-refractivity contribution in [3.8, 4) is 17.7 Å². The smallest absolute Gasteiger partial charge is 0.348 e. The number of aromatic carboxylic acids is 1. The quantitative estimate of drug-likeness (QED) is 0.391. The van der Waals surface area contributed by atoms with Gasteiger partial charge in [0.15, 0.2) is 5.15 Å². The van der Waals surface area contributed by atoms with Crippen molar-refractivity contribution < 1.29 is 19.4 Å². The fraction of sp³-hybridized carbons (Fsp3) is 0.586. The molecule has 1 N–H and O–H groups in total. The van der Waals surface area contributed by atoms with Gasteiger partial charge in [0, 0.05) is 28.8 Å². The fourth-order valence-corrected chi connectivity index (χ4v) is 6.15. The SMILES string of the molecule is CC1CCC(C(=O)N(c2c(C#CC(C)(C)C)csc2C(=O)O)C2CCC(Oc3ccc(Cl)nn3)CC2)CC1. The number of carbonyl (C=O) groups excluding carboxylic acids is 1. The number of ether oxygens (including phenoxy) is 1. The van der Waals surface area contributed by atoms with Crippen LogP contribution in [0.25, 0.3) is 0 Å². The van der Waals surface area contributed by atoms with Crippen molar-refractivity contribution in [3.05, 3.63) is 33.1 Å². The summed E-state index contributed by atoms with van der Waals surface area (Å²) in [7, 11) is 0. The van der Waals surface area contributed by atoms with E-state index in [0.29, 0.717) is 41.0 Å². The number of rotatable bonds is 6. The first kappa shape index (κ1) is 28.4. The molecule has 7 nitrogen and oxygen atoms in total. The van der Waals surface area contributed by atoms with Crippen molar-refractivity contribution in [2.75, 3.05) is 4.90 Å². The van der Waals surface area contributed by atoms with E-state index in [1.165, 1.54) is 0 Å². The molecule has 38 heavy (non-hydrogen) atoms. The van der Waals surface area contributed by atoms with Crippen LogP contribution in [-0.4, -0.2) is 39.3 Å². The molecule has 0 bridgehead atoms. The number of hydrogen-bond donors (Lipinski definition) is 1. The number of amides is 1. The number of carboxylic acids is 1. The first-order chi connectivity index (χ1) is 18.0. The Kier molecular flexibility index (Phi) is 9.00. The Hall–Kier alpha value is -2.63. The van der Waals surface area contributed by atoms with Crippen LogP contribution in [0, 0.1) is 29.1 Å². The second-order valence-electron chi connectivity index (χ2n) is 11.5. The van der Waals surface area contributed by atoms with Crippen molar-refractivity contribution in [2.24, 2.45) is 17.3 Å². The zero-order valence-corrected chi connectivity index (χ0v) is 24.1. The largest absolute Gasteiger partial charge is 0.477 e. The summed E-state index contributed by atoms with van der Waals surface area (Å²) in [5.74, 6) is 6.39. The maximum atomic E-state index is 14.2. The van der Waals surface area contributed by atoms with Crippen LogP contribution in [0.5, 0.6) is 5.88 Å². The molecule has 0 aliphatic heterocycles. The van der Waals surface area contributed by atoms with Gasteiger partial charge in [0.05, 0.1) is 11.3 Å². The van der Waals surface area contributed by atoms with Gasteiger partial charge in [-0.05, 0) is 84.1 Å². The summed E-state index contributed by atoms with van der Waals surface area (Å²) in [5.41, 5.74) is 0.835. The van der Waals surface area contributed by atoms with E-state index in [9.17, 15) is 14.7 Å². The van der Waals surface area contributed by atoms with Crippen LogP contribution in [-0.2, 0) is 4.79 Å². The molecule has 2 aromatic heterocycles. The first-order valence-corrected chi connectivity index (χ1v) is 14.6. The van der Waals surface area contributed by atoms with E-state index >= 15 is 0 Å². The van der Waals surface area contributed by atoms with E-state index in [-0.39, 0.29) is 34.3 Å². The maximum absolute atomic E-state index is 14.2. The average molecular weight is 558 g/mol. The molecule has 0 saturated heterocycles. The summed E-state index contributed by atoms with van der Waals surface area (Å²) in [6.07, 6.45) is 6.46. The highest BCUT2D eigenvalue weighted by Crippen LogP contribution is 2.40. The predicted molar refractivity (Wildman–Crippen MR) is 150 cm³/mol. The monoisotopic (exact) mass is 557 g/mol. The van der Waals surface area contributed by atoms with Crippen molar-refractivity contribution in [2.45, 2.75) is 91.2 Å². The molecule has 2 aliphatic rings. The molecule has 1 amide bonds. The lowest BCUT2D eigenvalue weighted by molar-refractivity contribution is -0.124. The van der Waals surface area contributed by atoms with Crippen LogP contribution in [0.3, 0.4) is 0 Å². The summed E-state index contributed by atoms with van der Waals surface area (Å²) in [4.78, 5) is 28.5. The van der Waals surface area contributed by atoms with E-state index in [4.69, 9.17) is 16.3 Å². The number of halogens is 1. The minimum absolute atomic E-state index is 0.0320. The summed E-state index contributed by atoms with van der Waals surface area (Å²) in [6.45, 7) is 8.28. The molecule has 2 saturated carbocycles. The Balaban J connectivity index is 1.63. The molecule has 2 aliphatic carbocycles. The number of hydrogen-bond acceptors (Lipinski definition) is 6. The predicted octanol–water partition coefficient (Wildman–Crippen LogP) is 6.84. The molecule has 0 spiro atoms. The lowest BCUT2D eigenvalue weighted by atomic mass is 9.81. The number of carbonyl (C=O) groups is 2. The van der Waals surface area contributed by atoms with Gasteiger partial charge in [-0.2, -0.15) is 0 Å². The Morgan fingerprint density at radius 2 is 1.76 bits per heavy atom. The highest BCUT2D eigenvalue weighted by Gasteiger charge is 2.38. The zero-order chi connectivity index (χ0) is 27.4. The molecule has 0 radical (unpaired) electrons. The van der Waals surface area contributed by atoms with Gasteiger partial charge < -0.3 is 14.7 Å². The standard InChI is InChI=1S/C29H36ClN3O4S/c1-18-5-7-19(8-6-18)27(34)33(25-20(15-16-29(2,3)4)17-38-26(25)28(35)36)21-9-11-22(12-10-21)37-24-14-13-23(30)31-32-24/h13-14,17-19,21-22H,5-12H2,1-4H3,(H,35,36). The van der Waals surface area contributed by atoms with Crippen LogP contribution < -0.4 is 9.64 Å². The Morgan fingerprint density at radius 3 is 2.34 bits per heavy atom. The highest BCUT2D eigenvalue weighted by atomic mass is 35.5. The van der Waals surface area contributed by atoms with E-state index in [2.05, 4.69) is 29.0 Å². The minimum Gasteiger partial charge on any atom is -0.477 e. The molecular formula is C29H36ClN3O4S. The topological polar surface area (TPSA) is 92.6 Å². The number of carboxylic acid groups (broad SMARTS) is 1. The van der Waals surface area contributed by atoms with Gasteiger partial charge in [0.1, 0.15) is 11.0 Å². The van der Waals surface area contributed by atoms with Crippen LogP contribution in [0.15, 0.2) is 17.5 Å². The van der Waals surface area contributed by atoms with Crippen LogP contribution in [0.2, 0.25) is 5.15 Å². The van der Waals surface area contributed by atoms with Gasteiger partial charge in [-0.3, -0.25) is 4.79 Å². The molecule has 0 atom stereocenters. The van der Waals surface area contributed by atoms with Crippen molar-refractivity contribution in [1.29, 1.82) is 0 Å². The minimum atomic E-state index is -1.03. The molecule has 4 rings (SSSR count). The Morgan fingerprint density at radius 1 is 1.08 bits per heavy atom. The third kappa shape index (κ3) is 7.06. The maximum Gasteiger partial charge on any atom is 0.348 e. The zero-order valence-electron chi connectivity index (χ0n) is 22.5. The molecule has 2 aromatic rings. The highest BCUT2D eigenvalue weighted by molar-refractivity contribution is 7.12. The molecule has 9 heteroatoms. The number of thiophene rings is 1. The van der Waals surface area contributed by atoms with E-state index in [1.807, 2.05) is 25.7 Å². The second-order valence-corrected chi connectivity index (χ2v) is 12.8. The lowest BCUT2D eigenvalue weighted by Gasteiger charge is -2.39. The molecule has 204 valence electrons. The summed E-state index contributed by atoms with van der Waals surface area (Å²) in [6, 6.07) is 3.22. The number of nitrogens with zero attached hydrogens (tertiary/aromatic N) is 3. The van der Waals surface area contributed by atoms with Crippen LogP contribution in [0.4, 0.5) is 5.69 Å². The summed E-state index contributed by atoms with van der Waals surface area (Å²) >= 11 is 6.99. The van der Waals surface area contributed by atoms with E-state index in [0.717, 1.165) is 49.9 Å².